The number of urea groups is 1. The van der Waals surface area contributed by atoms with E-state index < -0.39 is 0 Å². The van der Waals surface area contributed by atoms with Gasteiger partial charge in [-0.1, -0.05) is 30.3 Å². The van der Waals surface area contributed by atoms with Gasteiger partial charge in [0.15, 0.2) is 0 Å². The van der Waals surface area contributed by atoms with Crippen molar-refractivity contribution in [2.75, 3.05) is 18.5 Å². The number of aliphatic hydroxyl groups excluding tert-OH is 1. The van der Waals surface area contributed by atoms with E-state index in [0.29, 0.717) is 18.2 Å². The number of hydrogen-bond donors (Lipinski definition) is 3. The average Bonchev–Trinajstić information content (AvgIpc) is 3.09. The van der Waals surface area contributed by atoms with Crippen molar-refractivity contribution < 1.29 is 14.6 Å². The van der Waals surface area contributed by atoms with Crippen molar-refractivity contribution in [1.82, 2.24) is 20.1 Å². The van der Waals surface area contributed by atoms with E-state index in [2.05, 4.69) is 20.7 Å². The molecule has 0 saturated heterocycles. The van der Waals surface area contributed by atoms with E-state index in [1.807, 2.05) is 44.2 Å². The quantitative estimate of drug-likeness (QED) is 0.594. The van der Waals surface area contributed by atoms with E-state index in [1.165, 1.54) is 0 Å². The zero-order chi connectivity index (χ0) is 19.2. The number of hydrogen-bond acceptors (Lipinski definition) is 5. The summed E-state index contributed by atoms with van der Waals surface area (Å²) in [7, 11) is 0. The summed E-state index contributed by atoms with van der Waals surface area (Å²) in [6, 6.07) is 10.9. The first-order valence-electron chi connectivity index (χ1n) is 8.85. The average molecular weight is 369 g/mol. The second-order valence-electron chi connectivity index (χ2n) is 6.01. The summed E-state index contributed by atoms with van der Waals surface area (Å²) >= 11 is 0. The molecule has 0 unspecified atom stereocenters. The summed E-state index contributed by atoms with van der Waals surface area (Å²) in [5.41, 5.74) is 1.74. The molecule has 8 nitrogen and oxygen atoms in total. The lowest BCUT2D eigenvalue weighted by molar-refractivity contribution is 0.198. The van der Waals surface area contributed by atoms with Gasteiger partial charge in [0.2, 0.25) is 5.88 Å². The third kappa shape index (κ3) is 4.35. The molecular weight excluding hydrogens is 346 g/mol. The maximum absolute atomic E-state index is 12.4. The molecule has 3 aromatic rings. The fourth-order valence-corrected chi connectivity index (χ4v) is 2.80. The lowest BCUT2D eigenvalue weighted by Gasteiger charge is -2.15. The highest BCUT2D eigenvalue weighted by atomic mass is 16.5. The zero-order valence-electron chi connectivity index (χ0n) is 15.3. The molecule has 27 heavy (non-hydrogen) atoms. The van der Waals surface area contributed by atoms with Crippen LogP contribution in [0.1, 0.15) is 25.5 Å². The Bertz CT molecular complexity index is 910. The van der Waals surface area contributed by atoms with Crippen LogP contribution in [-0.4, -0.2) is 39.1 Å². The van der Waals surface area contributed by atoms with Gasteiger partial charge in [-0.3, -0.25) is 10.00 Å². The summed E-state index contributed by atoms with van der Waals surface area (Å²) < 4.78 is 7.31. The van der Waals surface area contributed by atoms with E-state index in [0.717, 1.165) is 16.5 Å². The second-order valence-corrected chi connectivity index (χ2v) is 6.01. The van der Waals surface area contributed by atoms with Gasteiger partial charge in [-0.15, -0.1) is 0 Å². The van der Waals surface area contributed by atoms with E-state index in [1.54, 1.807) is 16.9 Å². The van der Waals surface area contributed by atoms with Gasteiger partial charge in [0, 0.05) is 11.9 Å². The van der Waals surface area contributed by atoms with Crippen LogP contribution in [0.4, 0.5) is 10.6 Å². The van der Waals surface area contributed by atoms with Crippen molar-refractivity contribution in [2.24, 2.45) is 0 Å². The third-order valence-electron chi connectivity index (χ3n) is 4.10. The van der Waals surface area contributed by atoms with Gasteiger partial charge in [0.05, 0.1) is 18.8 Å². The Hall–Kier alpha value is -3.13. The molecule has 0 aliphatic rings. The molecule has 2 heterocycles. The molecule has 142 valence electrons. The summed E-state index contributed by atoms with van der Waals surface area (Å²) in [6.07, 6.45) is 1.70. The molecule has 0 saturated carbocycles. The van der Waals surface area contributed by atoms with E-state index in [-0.39, 0.29) is 25.3 Å². The normalized spacial score (nSPS) is 12.0. The van der Waals surface area contributed by atoms with E-state index >= 15 is 0 Å². The number of carbonyl (C=O) groups is 1. The van der Waals surface area contributed by atoms with Crippen LogP contribution in [0, 0.1) is 0 Å². The van der Waals surface area contributed by atoms with Gasteiger partial charge < -0.3 is 15.2 Å². The molecule has 1 atom stereocenters. The number of aryl methyl sites for hydroxylation is 1. The fourth-order valence-electron chi connectivity index (χ4n) is 2.80. The second kappa shape index (κ2) is 8.50. The number of pyridine rings is 1. The molecule has 8 heteroatoms. The number of benzene rings is 1. The molecule has 0 spiro atoms. The first-order chi connectivity index (χ1) is 13.1. The first-order valence-corrected chi connectivity index (χ1v) is 8.85. The Labute approximate surface area is 157 Å². The number of carbonyl (C=O) groups excluding carboxylic acids is 1. The summed E-state index contributed by atoms with van der Waals surface area (Å²) in [5, 5.41) is 19.8. The minimum atomic E-state index is -0.366. The Morgan fingerprint density at radius 1 is 1.33 bits per heavy atom. The van der Waals surface area contributed by atoms with Crippen molar-refractivity contribution in [3.8, 4) is 5.88 Å². The number of nitrogens with one attached hydrogen (secondary N) is 2. The van der Waals surface area contributed by atoms with Crippen LogP contribution >= 0.6 is 0 Å². The predicted molar refractivity (Wildman–Crippen MR) is 103 cm³/mol. The molecule has 0 aliphatic carbocycles. The number of ether oxygens (including phenoxy) is 1. The molecule has 3 N–H and O–H groups in total. The number of amides is 2. The molecule has 2 aromatic heterocycles. The van der Waals surface area contributed by atoms with Crippen molar-refractivity contribution >= 4 is 22.8 Å². The topological polar surface area (TPSA) is 101 Å². The van der Waals surface area contributed by atoms with Gasteiger partial charge >= 0.3 is 6.03 Å². The molecule has 0 bridgehead atoms. The summed E-state index contributed by atoms with van der Waals surface area (Å²) in [5.74, 6) is 0.677. The molecule has 0 fully saturated rings. The fraction of sp³-hybridized carbons (Fsp3) is 0.316. The SMILES string of the molecule is CCn1ncc2cc(NC(=O)N[C@H](C)c3ccccc3)nc(OCCO)c21. The lowest BCUT2D eigenvalue weighted by atomic mass is 10.1. The van der Waals surface area contributed by atoms with Gasteiger partial charge in [-0.05, 0) is 25.5 Å². The van der Waals surface area contributed by atoms with Gasteiger partial charge in [-0.2, -0.15) is 10.1 Å². The highest BCUT2D eigenvalue weighted by Crippen LogP contribution is 2.27. The first kappa shape index (κ1) is 18.7. The van der Waals surface area contributed by atoms with Crippen LogP contribution in [0.5, 0.6) is 5.88 Å². The number of aliphatic hydroxyl groups is 1. The van der Waals surface area contributed by atoms with Crippen molar-refractivity contribution in [3.05, 3.63) is 48.2 Å². The molecule has 0 radical (unpaired) electrons. The van der Waals surface area contributed by atoms with E-state index in [9.17, 15) is 4.79 Å². The van der Waals surface area contributed by atoms with Gasteiger partial charge in [-0.25, -0.2) is 4.79 Å². The van der Waals surface area contributed by atoms with Crippen molar-refractivity contribution in [1.29, 1.82) is 0 Å². The van der Waals surface area contributed by atoms with Crippen LogP contribution in [0.25, 0.3) is 10.9 Å². The molecule has 0 aliphatic heterocycles. The number of anilines is 1. The highest BCUT2D eigenvalue weighted by molar-refractivity contribution is 5.92. The Morgan fingerprint density at radius 3 is 2.81 bits per heavy atom. The van der Waals surface area contributed by atoms with Crippen molar-refractivity contribution in [2.45, 2.75) is 26.4 Å². The number of aromatic nitrogens is 3. The number of fused-ring (bicyclic) bond motifs is 1. The van der Waals surface area contributed by atoms with Crippen LogP contribution in [-0.2, 0) is 6.54 Å². The molecular formula is C19H23N5O3. The van der Waals surface area contributed by atoms with E-state index in [4.69, 9.17) is 9.84 Å². The highest BCUT2D eigenvalue weighted by Gasteiger charge is 2.15. The van der Waals surface area contributed by atoms with Gasteiger partial charge in [0.1, 0.15) is 17.9 Å². The third-order valence-corrected chi connectivity index (χ3v) is 4.10. The Balaban J connectivity index is 1.78. The lowest BCUT2D eigenvalue weighted by Crippen LogP contribution is -2.31. The smallest absolute Gasteiger partial charge is 0.320 e. The zero-order valence-corrected chi connectivity index (χ0v) is 15.3. The van der Waals surface area contributed by atoms with Crippen LogP contribution in [0.3, 0.4) is 0 Å². The standard InChI is InChI=1S/C19H23N5O3/c1-3-24-17-15(12-20-24)11-16(22-18(17)27-10-9-25)23-19(26)21-13(2)14-7-5-4-6-8-14/h4-8,11-13,25H,3,9-10H2,1-2H3,(H2,21,22,23,26)/t13-/m1/s1. The number of rotatable bonds is 7. The minimum absolute atomic E-state index is 0.109. The molecule has 2 amide bonds. The van der Waals surface area contributed by atoms with Crippen LogP contribution < -0.4 is 15.4 Å². The summed E-state index contributed by atoms with van der Waals surface area (Å²) in [6.45, 7) is 4.51. The number of nitrogens with zero attached hydrogens (tertiary/aromatic N) is 3. The predicted octanol–water partition coefficient (Wildman–Crippen LogP) is 2.71. The maximum atomic E-state index is 12.4. The Morgan fingerprint density at radius 2 is 2.11 bits per heavy atom. The molecule has 3 rings (SSSR count). The molecule has 1 aromatic carbocycles. The van der Waals surface area contributed by atoms with Gasteiger partial charge in [0.25, 0.3) is 0 Å². The minimum Gasteiger partial charge on any atom is -0.474 e. The maximum Gasteiger partial charge on any atom is 0.320 e. The largest absolute Gasteiger partial charge is 0.474 e. The van der Waals surface area contributed by atoms with Crippen molar-refractivity contribution in [3.63, 3.8) is 0 Å². The Kier molecular flexibility index (Phi) is 5.87. The summed E-state index contributed by atoms with van der Waals surface area (Å²) in [4.78, 5) is 16.7. The van der Waals surface area contributed by atoms with Crippen LogP contribution in [0.2, 0.25) is 0 Å². The van der Waals surface area contributed by atoms with Crippen LogP contribution in [0.15, 0.2) is 42.6 Å². The monoisotopic (exact) mass is 369 g/mol.